The van der Waals surface area contributed by atoms with E-state index >= 15 is 0 Å². The molecule has 0 heterocycles. The summed E-state index contributed by atoms with van der Waals surface area (Å²) in [6, 6.07) is 13.4. The summed E-state index contributed by atoms with van der Waals surface area (Å²) in [6.45, 7) is 5.80. The fourth-order valence-corrected chi connectivity index (χ4v) is 4.31. The van der Waals surface area contributed by atoms with E-state index in [0.29, 0.717) is 24.4 Å². The fourth-order valence-electron chi connectivity index (χ4n) is 3.46. The van der Waals surface area contributed by atoms with Crippen molar-refractivity contribution in [2.24, 2.45) is 0 Å². The molecule has 8 nitrogen and oxygen atoms in total. The lowest BCUT2D eigenvalue weighted by molar-refractivity contribution is -0.140. The molecular weight excluding hydrogens is 442 g/mol. The number of carbonyl (C=O) groups is 2. The summed E-state index contributed by atoms with van der Waals surface area (Å²) in [5.41, 5.74) is 2.27. The van der Waals surface area contributed by atoms with E-state index < -0.39 is 28.5 Å². The van der Waals surface area contributed by atoms with Crippen molar-refractivity contribution in [3.8, 4) is 5.75 Å². The summed E-state index contributed by atoms with van der Waals surface area (Å²) in [4.78, 5) is 27.7. The third-order valence-corrected chi connectivity index (χ3v) is 6.39. The van der Waals surface area contributed by atoms with Gasteiger partial charge >= 0.3 is 0 Å². The first-order valence-electron chi connectivity index (χ1n) is 10.8. The zero-order chi connectivity index (χ0) is 24.6. The maximum Gasteiger partial charge on any atom is 0.244 e. The van der Waals surface area contributed by atoms with Gasteiger partial charge in [0, 0.05) is 13.1 Å². The number of nitrogens with one attached hydrogen (secondary N) is 1. The molecule has 0 bridgehead atoms. The van der Waals surface area contributed by atoms with Crippen LogP contribution in [-0.2, 0) is 26.2 Å². The predicted octanol–water partition coefficient (Wildman–Crippen LogP) is 2.71. The highest BCUT2D eigenvalue weighted by Crippen LogP contribution is 2.22. The number of ether oxygens (including phenoxy) is 1. The van der Waals surface area contributed by atoms with Crippen LogP contribution in [0.3, 0.4) is 0 Å². The topological polar surface area (TPSA) is 96.0 Å². The Kier molecular flexibility index (Phi) is 9.28. The van der Waals surface area contributed by atoms with Crippen molar-refractivity contribution in [3.05, 3.63) is 59.7 Å². The number of nitrogens with zero attached hydrogens (tertiary/aromatic N) is 2. The summed E-state index contributed by atoms with van der Waals surface area (Å²) in [6.07, 6.45) is 1.45. The van der Waals surface area contributed by atoms with Crippen LogP contribution in [0.25, 0.3) is 0 Å². The van der Waals surface area contributed by atoms with Crippen molar-refractivity contribution in [3.63, 3.8) is 0 Å². The molecule has 0 unspecified atom stereocenters. The first-order chi connectivity index (χ1) is 15.6. The number of carbonyl (C=O) groups excluding carboxylic acids is 2. The molecule has 0 aromatic heterocycles. The van der Waals surface area contributed by atoms with Gasteiger partial charge in [-0.1, -0.05) is 36.8 Å². The third kappa shape index (κ3) is 7.21. The zero-order valence-corrected chi connectivity index (χ0v) is 20.7. The number of aryl methyl sites for hydroxylation is 1. The molecule has 2 aromatic carbocycles. The SMILES string of the molecule is CCNC(=O)[C@@H](CC)N(Cc1ccc(C)cc1)C(=O)CN(c1ccc(OC)cc1)S(C)(=O)=O. The molecule has 180 valence electrons. The molecule has 0 radical (unpaired) electrons. The van der Waals surface area contributed by atoms with Gasteiger partial charge in [-0.3, -0.25) is 13.9 Å². The maximum absolute atomic E-state index is 13.5. The van der Waals surface area contributed by atoms with E-state index in [-0.39, 0.29) is 12.5 Å². The Morgan fingerprint density at radius 2 is 1.64 bits per heavy atom. The molecule has 2 aromatic rings. The van der Waals surface area contributed by atoms with Crippen molar-refractivity contribution in [1.29, 1.82) is 0 Å². The van der Waals surface area contributed by atoms with Gasteiger partial charge in [0.1, 0.15) is 18.3 Å². The van der Waals surface area contributed by atoms with E-state index in [4.69, 9.17) is 4.74 Å². The van der Waals surface area contributed by atoms with Crippen LogP contribution in [0.1, 0.15) is 31.4 Å². The highest BCUT2D eigenvalue weighted by molar-refractivity contribution is 7.92. The van der Waals surface area contributed by atoms with Gasteiger partial charge in [0.2, 0.25) is 21.8 Å². The largest absolute Gasteiger partial charge is 0.497 e. The van der Waals surface area contributed by atoms with Crippen LogP contribution in [0, 0.1) is 6.92 Å². The van der Waals surface area contributed by atoms with Crippen molar-refractivity contribution in [2.75, 3.05) is 30.8 Å². The minimum Gasteiger partial charge on any atom is -0.497 e. The Bertz CT molecular complexity index is 1040. The van der Waals surface area contributed by atoms with Crippen molar-refractivity contribution >= 4 is 27.5 Å². The van der Waals surface area contributed by atoms with Gasteiger partial charge in [-0.05, 0) is 50.1 Å². The number of anilines is 1. The second kappa shape index (κ2) is 11.7. The minimum absolute atomic E-state index is 0.189. The van der Waals surface area contributed by atoms with Crippen LogP contribution in [0.15, 0.2) is 48.5 Å². The van der Waals surface area contributed by atoms with Crippen LogP contribution in [0.2, 0.25) is 0 Å². The molecule has 9 heteroatoms. The number of methoxy groups -OCH3 is 1. The smallest absolute Gasteiger partial charge is 0.244 e. The number of sulfonamides is 1. The number of amides is 2. The number of hydrogen-bond acceptors (Lipinski definition) is 5. The molecule has 33 heavy (non-hydrogen) atoms. The first-order valence-corrected chi connectivity index (χ1v) is 12.7. The van der Waals surface area contributed by atoms with Crippen LogP contribution < -0.4 is 14.4 Å². The van der Waals surface area contributed by atoms with Crippen molar-refractivity contribution in [2.45, 2.75) is 39.8 Å². The summed E-state index contributed by atoms with van der Waals surface area (Å²) < 4.78 is 31.3. The highest BCUT2D eigenvalue weighted by Gasteiger charge is 2.31. The van der Waals surface area contributed by atoms with Crippen LogP contribution in [-0.4, -0.2) is 57.6 Å². The van der Waals surface area contributed by atoms with E-state index in [0.717, 1.165) is 21.7 Å². The van der Waals surface area contributed by atoms with E-state index in [1.807, 2.05) is 45.0 Å². The summed E-state index contributed by atoms with van der Waals surface area (Å²) in [5, 5.41) is 2.78. The average molecular weight is 476 g/mol. The molecule has 2 amide bonds. The molecule has 1 atom stereocenters. The van der Waals surface area contributed by atoms with Crippen molar-refractivity contribution < 1.29 is 22.7 Å². The lowest BCUT2D eigenvalue weighted by atomic mass is 10.1. The standard InChI is InChI=1S/C24H33N3O5S/c1-6-22(24(29)25-7-2)26(16-19-10-8-18(3)9-11-19)23(28)17-27(33(5,30)31)20-12-14-21(32-4)15-13-20/h8-15,22H,6-7,16-17H2,1-5H3,(H,25,29)/t22-/m1/s1. The number of likely N-dealkylation sites (N-methyl/N-ethyl adjacent to an activating group) is 1. The van der Waals surface area contributed by atoms with Gasteiger partial charge in [0.05, 0.1) is 19.1 Å². The summed E-state index contributed by atoms with van der Waals surface area (Å²) in [7, 11) is -2.25. The monoisotopic (exact) mass is 475 g/mol. The molecule has 0 aliphatic rings. The van der Waals surface area contributed by atoms with E-state index in [1.54, 1.807) is 24.3 Å². The van der Waals surface area contributed by atoms with Gasteiger partial charge < -0.3 is 15.0 Å². The average Bonchev–Trinajstić information content (AvgIpc) is 2.78. The second-order valence-electron chi connectivity index (χ2n) is 7.79. The molecule has 1 N–H and O–H groups in total. The van der Waals surface area contributed by atoms with Crippen molar-refractivity contribution in [1.82, 2.24) is 10.2 Å². The number of hydrogen-bond donors (Lipinski definition) is 1. The lowest BCUT2D eigenvalue weighted by Crippen LogP contribution is -2.52. The molecule has 0 spiro atoms. The van der Waals surface area contributed by atoms with Gasteiger partial charge in [-0.25, -0.2) is 8.42 Å². The summed E-state index contributed by atoms with van der Waals surface area (Å²) >= 11 is 0. The number of rotatable bonds is 11. The van der Waals surface area contributed by atoms with Gasteiger partial charge in [0.15, 0.2) is 0 Å². The molecule has 2 rings (SSSR count). The highest BCUT2D eigenvalue weighted by atomic mass is 32.2. The predicted molar refractivity (Wildman–Crippen MR) is 130 cm³/mol. The van der Waals surface area contributed by atoms with Gasteiger partial charge in [-0.2, -0.15) is 0 Å². The Morgan fingerprint density at radius 3 is 2.12 bits per heavy atom. The van der Waals surface area contributed by atoms with E-state index in [1.165, 1.54) is 12.0 Å². The van der Waals surface area contributed by atoms with Crippen LogP contribution in [0.5, 0.6) is 5.75 Å². The third-order valence-electron chi connectivity index (χ3n) is 5.25. The number of benzene rings is 2. The molecule has 0 saturated heterocycles. The zero-order valence-electron chi connectivity index (χ0n) is 19.9. The quantitative estimate of drug-likeness (QED) is 0.539. The second-order valence-corrected chi connectivity index (χ2v) is 9.70. The van der Waals surface area contributed by atoms with Crippen LogP contribution >= 0.6 is 0 Å². The van der Waals surface area contributed by atoms with Crippen LogP contribution in [0.4, 0.5) is 5.69 Å². The minimum atomic E-state index is -3.76. The Balaban J connectivity index is 2.40. The van der Waals surface area contributed by atoms with E-state index in [9.17, 15) is 18.0 Å². The molecule has 0 saturated carbocycles. The van der Waals surface area contributed by atoms with Gasteiger partial charge in [-0.15, -0.1) is 0 Å². The Hall–Kier alpha value is -3.07. The lowest BCUT2D eigenvalue weighted by Gasteiger charge is -2.32. The Labute approximate surface area is 196 Å². The van der Waals surface area contributed by atoms with E-state index in [2.05, 4.69) is 5.32 Å². The molecular formula is C24H33N3O5S. The molecule has 0 aliphatic carbocycles. The molecule has 0 aliphatic heterocycles. The summed E-state index contributed by atoms with van der Waals surface area (Å²) in [5.74, 6) is -0.160. The van der Waals surface area contributed by atoms with Gasteiger partial charge in [0.25, 0.3) is 0 Å². The normalized spacial score (nSPS) is 12.0. The fraction of sp³-hybridized carbons (Fsp3) is 0.417. The first kappa shape index (κ1) is 26.2. The maximum atomic E-state index is 13.5. The molecule has 0 fully saturated rings. The Morgan fingerprint density at radius 1 is 1.03 bits per heavy atom.